The van der Waals surface area contributed by atoms with Crippen LogP contribution in [-0.4, -0.2) is 62.8 Å². The minimum Gasteiger partial charge on any atom is -0.497 e. The molecule has 0 saturated carbocycles. The molecule has 0 unspecified atom stereocenters. The molecule has 0 saturated heterocycles. The number of aliphatic carboxylic acids is 1. The molecule has 0 fully saturated rings. The van der Waals surface area contributed by atoms with E-state index in [2.05, 4.69) is 5.32 Å². The largest absolute Gasteiger partial charge is 0.497 e. The second-order valence-electron chi connectivity index (χ2n) is 5.62. The van der Waals surface area contributed by atoms with Gasteiger partial charge in [-0.2, -0.15) is 0 Å². The van der Waals surface area contributed by atoms with Crippen molar-refractivity contribution in [2.24, 2.45) is 0 Å². The first-order valence-electron chi connectivity index (χ1n) is 7.85. The molecule has 0 radical (unpaired) electrons. The van der Waals surface area contributed by atoms with Gasteiger partial charge in [-0.05, 0) is 32.1 Å². The molecule has 0 heterocycles. The third-order valence-electron chi connectivity index (χ3n) is 3.35. The zero-order valence-electron chi connectivity index (χ0n) is 14.5. The zero-order valence-corrected chi connectivity index (χ0v) is 14.5. The number of carboxylic acid groups (broad SMARTS) is 1. The summed E-state index contributed by atoms with van der Waals surface area (Å²) in [4.78, 5) is 24.0. The molecule has 0 aliphatic heterocycles. The molecule has 1 aromatic rings. The number of hydrogen-bond acceptors (Lipinski definition) is 5. The fraction of sp³-hybridized carbons (Fsp3) is 0.529. The molecule has 0 atom stereocenters. The highest BCUT2D eigenvalue weighted by atomic mass is 16.5. The van der Waals surface area contributed by atoms with E-state index in [0.29, 0.717) is 25.3 Å². The van der Waals surface area contributed by atoms with Gasteiger partial charge in [-0.3, -0.25) is 9.59 Å². The van der Waals surface area contributed by atoms with Gasteiger partial charge in [0, 0.05) is 25.6 Å². The van der Waals surface area contributed by atoms with Crippen LogP contribution in [0.3, 0.4) is 0 Å². The van der Waals surface area contributed by atoms with Gasteiger partial charge in [0.2, 0.25) is 5.91 Å². The lowest BCUT2D eigenvalue weighted by atomic mass is 10.1. The number of carboxylic acids is 1. The Labute approximate surface area is 142 Å². The molecule has 0 aliphatic rings. The van der Waals surface area contributed by atoms with Crippen molar-refractivity contribution in [3.05, 3.63) is 23.8 Å². The smallest absolute Gasteiger partial charge is 0.303 e. The van der Waals surface area contributed by atoms with Crippen molar-refractivity contribution in [2.75, 3.05) is 40.9 Å². The Morgan fingerprint density at radius 3 is 2.62 bits per heavy atom. The highest BCUT2D eigenvalue weighted by molar-refractivity contribution is 5.80. The standard InChI is InChI=1S/C17H26N2O5/c1-19(2)10-11-24-15-12-14(23-3)5-4-13(15)8-9-18-16(20)6-7-17(21)22/h4-5,12H,6-11H2,1-3H3,(H,18,20)(H,21,22). The van der Waals surface area contributed by atoms with Crippen molar-refractivity contribution < 1.29 is 24.2 Å². The van der Waals surface area contributed by atoms with Crippen molar-refractivity contribution in [2.45, 2.75) is 19.3 Å². The Kier molecular flexibility index (Phi) is 8.64. The van der Waals surface area contributed by atoms with Crippen molar-refractivity contribution in [1.82, 2.24) is 10.2 Å². The van der Waals surface area contributed by atoms with Gasteiger partial charge >= 0.3 is 5.97 Å². The van der Waals surface area contributed by atoms with Crippen LogP contribution in [0.1, 0.15) is 18.4 Å². The molecule has 0 aromatic heterocycles. The number of amides is 1. The maximum atomic E-state index is 11.5. The summed E-state index contributed by atoms with van der Waals surface area (Å²) in [6.45, 7) is 1.77. The molecule has 1 amide bonds. The first-order valence-corrected chi connectivity index (χ1v) is 7.85. The first-order chi connectivity index (χ1) is 11.4. The molecule has 0 spiro atoms. The quantitative estimate of drug-likeness (QED) is 0.629. The van der Waals surface area contributed by atoms with Gasteiger partial charge in [0.1, 0.15) is 18.1 Å². The van der Waals surface area contributed by atoms with Gasteiger partial charge in [-0.25, -0.2) is 0 Å². The van der Waals surface area contributed by atoms with E-state index >= 15 is 0 Å². The van der Waals surface area contributed by atoms with Gasteiger partial charge in [-0.15, -0.1) is 0 Å². The number of likely N-dealkylation sites (N-methyl/N-ethyl adjacent to an activating group) is 1. The number of nitrogens with zero attached hydrogens (tertiary/aromatic N) is 1. The summed E-state index contributed by atoms with van der Waals surface area (Å²) in [5, 5.41) is 11.3. The van der Waals surface area contributed by atoms with Gasteiger partial charge in [0.05, 0.1) is 13.5 Å². The van der Waals surface area contributed by atoms with E-state index < -0.39 is 5.97 Å². The van der Waals surface area contributed by atoms with Crippen LogP contribution < -0.4 is 14.8 Å². The van der Waals surface area contributed by atoms with E-state index in [1.807, 2.05) is 37.2 Å². The number of rotatable bonds is 11. The molecule has 1 rings (SSSR count). The lowest BCUT2D eigenvalue weighted by molar-refractivity contribution is -0.138. The van der Waals surface area contributed by atoms with Crippen LogP contribution in [0.4, 0.5) is 0 Å². The molecule has 1 aromatic carbocycles. The maximum absolute atomic E-state index is 11.5. The van der Waals surface area contributed by atoms with Crippen LogP contribution in [0.2, 0.25) is 0 Å². The fourth-order valence-electron chi connectivity index (χ4n) is 1.99. The van der Waals surface area contributed by atoms with Crippen LogP contribution in [0.5, 0.6) is 11.5 Å². The average Bonchev–Trinajstić information content (AvgIpc) is 2.53. The molecule has 7 heteroatoms. The highest BCUT2D eigenvalue weighted by Gasteiger charge is 2.08. The third kappa shape index (κ3) is 7.82. The Morgan fingerprint density at radius 2 is 2.00 bits per heavy atom. The normalized spacial score (nSPS) is 10.5. The lowest BCUT2D eigenvalue weighted by Gasteiger charge is -2.15. The van der Waals surface area contributed by atoms with E-state index in [9.17, 15) is 9.59 Å². The van der Waals surface area contributed by atoms with Crippen molar-refractivity contribution in [1.29, 1.82) is 0 Å². The SMILES string of the molecule is COc1ccc(CCNC(=O)CCC(=O)O)c(OCCN(C)C)c1. The molecular formula is C17H26N2O5. The predicted molar refractivity (Wildman–Crippen MR) is 90.6 cm³/mol. The summed E-state index contributed by atoms with van der Waals surface area (Å²) in [5.41, 5.74) is 0.966. The Hall–Kier alpha value is -2.28. The van der Waals surface area contributed by atoms with Crippen molar-refractivity contribution in [3.8, 4) is 11.5 Å². The van der Waals surface area contributed by atoms with Gasteiger partial charge < -0.3 is 24.8 Å². The summed E-state index contributed by atoms with van der Waals surface area (Å²) < 4.78 is 11.0. The van der Waals surface area contributed by atoms with Crippen LogP contribution in [0.25, 0.3) is 0 Å². The molecule has 7 nitrogen and oxygen atoms in total. The minimum atomic E-state index is -0.975. The van der Waals surface area contributed by atoms with E-state index in [4.69, 9.17) is 14.6 Å². The number of ether oxygens (including phenoxy) is 2. The molecular weight excluding hydrogens is 312 g/mol. The average molecular weight is 338 g/mol. The molecule has 0 bridgehead atoms. The number of nitrogens with one attached hydrogen (secondary N) is 1. The summed E-state index contributed by atoms with van der Waals surface area (Å²) in [5.74, 6) is 0.206. The Balaban J connectivity index is 2.55. The first kappa shape index (κ1) is 19.8. The number of benzene rings is 1. The minimum absolute atomic E-state index is 0.00978. The third-order valence-corrected chi connectivity index (χ3v) is 3.35. The summed E-state index contributed by atoms with van der Waals surface area (Å²) in [7, 11) is 5.55. The number of carbonyl (C=O) groups excluding carboxylic acids is 1. The fourth-order valence-corrected chi connectivity index (χ4v) is 1.99. The summed E-state index contributed by atoms with van der Waals surface area (Å²) >= 11 is 0. The van der Waals surface area contributed by atoms with Gasteiger partial charge in [-0.1, -0.05) is 6.07 Å². The predicted octanol–water partition coefficient (Wildman–Crippen LogP) is 1.16. The van der Waals surface area contributed by atoms with Crippen LogP contribution in [-0.2, 0) is 16.0 Å². The Bertz CT molecular complexity index is 546. The molecule has 2 N–H and O–H groups in total. The van der Waals surface area contributed by atoms with E-state index in [1.165, 1.54) is 0 Å². The second-order valence-corrected chi connectivity index (χ2v) is 5.62. The monoisotopic (exact) mass is 338 g/mol. The van der Waals surface area contributed by atoms with E-state index in [1.54, 1.807) is 7.11 Å². The number of hydrogen-bond donors (Lipinski definition) is 2. The van der Waals surface area contributed by atoms with Gasteiger partial charge in [0.25, 0.3) is 0 Å². The van der Waals surface area contributed by atoms with Crippen molar-refractivity contribution >= 4 is 11.9 Å². The summed E-state index contributed by atoms with van der Waals surface area (Å²) in [6, 6.07) is 5.59. The molecule has 134 valence electrons. The van der Waals surface area contributed by atoms with Gasteiger partial charge in [0.15, 0.2) is 0 Å². The maximum Gasteiger partial charge on any atom is 0.303 e. The number of carbonyl (C=O) groups is 2. The number of methoxy groups -OCH3 is 1. The summed E-state index contributed by atoms with van der Waals surface area (Å²) in [6.07, 6.45) is 0.428. The topological polar surface area (TPSA) is 88.1 Å². The molecule has 24 heavy (non-hydrogen) atoms. The van der Waals surface area contributed by atoms with Crippen molar-refractivity contribution in [3.63, 3.8) is 0 Å². The van der Waals surface area contributed by atoms with E-state index in [-0.39, 0.29) is 18.7 Å². The zero-order chi connectivity index (χ0) is 17.9. The van der Waals surface area contributed by atoms with Crippen LogP contribution >= 0.6 is 0 Å². The second kappa shape index (κ2) is 10.5. The highest BCUT2D eigenvalue weighted by Crippen LogP contribution is 2.25. The molecule has 0 aliphatic carbocycles. The lowest BCUT2D eigenvalue weighted by Crippen LogP contribution is -2.26. The Morgan fingerprint density at radius 1 is 1.25 bits per heavy atom. The van der Waals surface area contributed by atoms with Crippen LogP contribution in [0, 0.1) is 0 Å². The van der Waals surface area contributed by atoms with Crippen LogP contribution in [0.15, 0.2) is 18.2 Å². The van der Waals surface area contributed by atoms with E-state index in [0.717, 1.165) is 17.9 Å².